The molecule has 0 heterocycles. The van der Waals surface area contributed by atoms with Crippen LogP contribution in [0.15, 0.2) is 0 Å². The van der Waals surface area contributed by atoms with Gasteiger partial charge in [-0.2, -0.15) is 0 Å². The maximum atomic E-state index is 8.63. The zero-order chi connectivity index (χ0) is 13.5. The first-order chi connectivity index (χ1) is 6.00. The molecule has 0 fully saturated rings. The van der Waals surface area contributed by atoms with Gasteiger partial charge in [0.2, 0.25) is 0 Å². The van der Waals surface area contributed by atoms with Gasteiger partial charge in [-0.15, -0.1) is 0 Å². The molecule has 12 nitrogen and oxygen atoms in total. The van der Waals surface area contributed by atoms with Gasteiger partial charge in [0, 0.05) is 0 Å². The van der Waals surface area contributed by atoms with Crippen molar-refractivity contribution in [3.05, 3.63) is 0 Å². The van der Waals surface area contributed by atoms with Crippen LogP contribution in [0.2, 0.25) is 0 Å². The molecule has 0 spiro atoms. The maximum absolute atomic E-state index is 8.63. The second kappa shape index (κ2) is 13.8. The standard InChI is InChI=1S/3Mo.12O.2Y/q;;;;;;;;;6*-1;2*+3. The Morgan fingerprint density at radius 1 is 0.412 bits per heavy atom. The summed E-state index contributed by atoms with van der Waals surface area (Å²) in [5.74, 6) is 0. The number of hydrogen-bond acceptors (Lipinski definition) is 12. The first-order valence-electron chi connectivity index (χ1n) is 2.00. The monoisotopic (exact) mass is 663 g/mol. The summed E-state index contributed by atoms with van der Waals surface area (Å²) in [6.45, 7) is 0. The predicted molar refractivity (Wildman–Crippen MR) is 4.12 cm³/mol. The van der Waals surface area contributed by atoms with Crippen LogP contribution in [-0.2, 0) is 136 Å². The Balaban J connectivity index is -0.0000000400. The topological polar surface area (TPSA) is 241 Å². The number of hydrogen-bond donors (Lipinski definition) is 0. The molecule has 0 aliphatic heterocycles. The molecular weight excluding hydrogens is 658 g/mol. The summed E-state index contributed by atoms with van der Waals surface area (Å²) in [5.41, 5.74) is 0. The molecule has 0 radical (unpaired) electrons. The van der Waals surface area contributed by atoms with Crippen LogP contribution in [-0.4, -0.2) is 0 Å². The van der Waals surface area contributed by atoms with Crippen LogP contribution in [0.4, 0.5) is 0 Å². The van der Waals surface area contributed by atoms with Gasteiger partial charge in [-0.3, -0.25) is 0 Å². The van der Waals surface area contributed by atoms with Gasteiger partial charge in [-0.05, 0) is 0 Å². The minimum absolute atomic E-state index is 0. The Morgan fingerprint density at radius 3 is 0.412 bits per heavy atom. The molecule has 0 aliphatic rings. The van der Waals surface area contributed by atoms with Crippen molar-refractivity contribution in [2.24, 2.45) is 0 Å². The van der Waals surface area contributed by atoms with Gasteiger partial charge in [0.1, 0.15) is 0 Å². The largest absolute Gasteiger partial charge is 3.00 e. The molecule has 96 valence electrons. The molecule has 0 aromatic rings. The Labute approximate surface area is 155 Å². The minimum atomic E-state index is -6.02. The molecule has 0 saturated heterocycles. The molecule has 0 rings (SSSR count). The summed E-state index contributed by atoms with van der Waals surface area (Å²) in [6.07, 6.45) is 0. The quantitative estimate of drug-likeness (QED) is 0.221. The molecule has 0 N–H and O–H groups in total. The summed E-state index contributed by atoms with van der Waals surface area (Å²) in [5, 5.41) is 0. The van der Waals surface area contributed by atoms with E-state index in [1.54, 1.807) is 0 Å². The third-order valence-corrected chi connectivity index (χ3v) is 0. The molecule has 0 aromatic heterocycles. The van der Waals surface area contributed by atoms with E-state index in [0.717, 1.165) is 0 Å². The maximum Gasteiger partial charge on any atom is 3.00 e. The van der Waals surface area contributed by atoms with Crippen molar-refractivity contribution in [3.63, 3.8) is 0 Å². The van der Waals surface area contributed by atoms with Gasteiger partial charge < -0.3 is 0 Å². The van der Waals surface area contributed by atoms with Gasteiger partial charge in [-0.25, -0.2) is 0 Å². The average molecular weight is 658 g/mol. The van der Waals surface area contributed by atoms with Crippen LogP contribution in [0.25, 0.3) is 0 Å². The van der Waals surface area contributed by atoms with Crippen LogP contribution in [0, 0.1) is 0 Å². The molecule has 0 aliphatic carbocycles. The zero-order valence-electron chi connectivity index (χ0n) is 7.28. The van der Waals surface area contributed by atoms with Crippen molar-refractivity contribution in [1.29, 1.82) is 0 Å². The van der Waals surface area contributed by atoms with E-state index in [9.17, 15) is 0 Å². The van der Waals surface area contributed by atoms with Gasteiger partial charge in [0.25, 0.3) is 0 Å². The summed E-state index contributed by atoms with van der Waals surface area (Å²) in [7, 11) is 0. The summed E-state index contributed by atoms with van der Waals surface area (Å²) in [4.78, 5) is 0. The first-order valence-corrected chi connectivity index (χ1v) is 11.8. The van der Waals surface area contributed by atoms with E-state index in [1.165, 1.54) is 0 Å². The van der Waals surface area contributed by atoms with E-state index in [2.05, 4.69) is 0 Å². The molecule has 17 heavy (non-hydrogen) atoms. The van der Waals surface area contributed by atoms with E-state index >= 15 is 0 Å². The Bertz CT molecular complexity index is 341. The van der Waals surface area contributed by atoms with Crippen LogP contribution < -0.4 is 22.6 Å². The predicted octanol–water partition coefficient (Wildman–Crippen LogP) is -7.86. The van der Waals surface area contributed by atoms with Crippen molar-refractivity contribution < 1.29 is 159 Å². The molecule has 0 bridgehead atoms. The van der Waals surface area contributed by atoms with Crippen molar-refractivity contribution in [2.75, 3.05) is 0 Å². The molecule has 0 unspecified atom stereocenters. The molecule has 0 aromatic carbocycles. The number of rotatable bonds is 0. The van der Waals surface area contributed by atoms with Crippen molar-refractivity contribution in [3.8, 4) is 0 Å². The minimum Gasteiger partial charge on any atom is 3.00 e. The second-order valence-electron chi connectivity index (χ2n) is 1.22. The first kappa shape index (κ1) is 32.0. The Kier molecular flexibility index (Phi) is 26.0. The van der Waals surface area contributed by atoms with Gasteiger partial charge >= 0.3 is 159 Å². The average Bonchev–Trinajstić information content (AvgIpc) is 1.41. The fourth-order valence-electron chi connectivity index (χ4n) is 0. The summed E-state index contributed by atoms with van der Waals surface area (Å²) in [6, 6.07) is 0. The van der Waals surface area contributed by atoms with Crippen LogP contribution in [0.5, 0.6) is 0 Å². The van der Waals surface area contributed by atoms with Crippen molar-refractivity contribution >= 4 is 0 Å². The van der Waals surface area contributed by atoms with E-state index < -0.39 is 50.2 Å². The SMILES string of the molecule is [O]=[Mo](=[O])([O-])[O-].[O]=[Mo](=[O])([O-])[O-].[O]=[Mo](=[O])([O-])[O-].[Y+3].[Y+3]. The van der Waals surface area contributed by atoms with Crippen LogP contribution >= 0.6 is 0 Å². The fourth-order valence-corrected chi connectivity index (χ4v) is 0. The summed E-state index contributed by atoms with van der Waals surface area (Å²) >= 11 is -18.1. The van der Waals surface area contributed by atoms with E-state index in [1.807, 2.05) is 0 Å². The van der Waals surface area contributed by atoms with Gasteiger partial charge in [0.15, 0.2) is 0 Å². The smallest absolute Gasteiger partial charge is 3.00 e. The molecule has 0 amide bonds. The molecule has 0 saturated carbocycles. The van der Waals surface area contributed by atoms with Gasteiger partial charge in [-0.1, -0.05) is 0 Å². The molecule has 17 heteroatoms. The van der Waals surface area contributed by atoms with Gasteiger partial charge in [0.05, 0.1) is 0 Å². The Morgan fingerprint density at radius 2 is 0.412 bits per heavy atom. The Hall–Kier alpha value is 2.83. The van der Waals surface area contributed by atoms with E-state index in [4.69, 9.17) is 42.9 Å². The zero-order valence-corrected chi connectivity index (χ0v) is 19.0. The molecule has 0 atom stereocenters. The second-order valence-corrected chi connectivity index (χ2v) is 7.25. The summed E-state index contributed by atoms with van der Waals surface area (Å²) < 4.78 is 104. The normalized spacial score (nSPS) is 10.2. The van der Waals surface area contributed by atoms with E-state index in [-0.39, 0.29) is 65.4 Å². The van der Waals surface area contributed by atoms with Crippen molar-refractivity contribution in [2.45, 2.75) is 0 Å². The molecular formula is Mo3O12Y2. The fraction of sp³-hybridized carbons (Fsp3) is 0. The van der Waals surface area contributed by atoms with Crippen LogP contribution in [0.1, 0.15) is 0 Å². The van der Waals surface area contributed by atoms with Crippen molar-refractivity contribution in [1.82, 2.24) is 0 Å². The van der Waals surface area contributed by atoms with Crippen LogP contribution in [0.3, 0.4) is 0 Å². The van der Waals surface area contributed by atoms with E-state index in [0.29, 0.717) is 0 Å². The third-order valence-electron chi connectivity index (χ3n) is 0. The third kappa shape index (κ3) is 665.